The number of para-hydroxylation sites is 2. The van der Waals surface area contributed by atoms with E-state index in [1.54, 1.807) is 24.3 Å². The maximum absolute atomic E-state index is 12.5. The predicted octanol–water partition coefficient (Wildman–Crippen LogP) is 3.97. The van der Waals surface area contributed by atoms with Gasteiger partial charge in [0.2, 0.25) is 0 Å². The normalized spacial score (nSPS) is 11.7. The molecule has 0 heterocycles. The predicted molar refractivity (Wildman–Crippen MR) is 119 cm³/mol. The van der Waals surface area contributed by atoms with Crippen molar-refractivity contribution in [2.45, 2.75) is 46.3 Å². The molecule has 0 bridgehead atoms. The Hall–Kier alpha value is -3.32. The van der Waals surface area contributed by atoms with Crippen LogP contribution in [0.25, 0.3) is 0 Å². The Bertz CT molecular complexity index is 946. The summed E-state index contributed by atoms with van der Waals surface area (Å²) in [6, 6.07) is 16.4. The van der Waals surface area contributed by atoms with Gasteiger partial charge in [-0.2, -0.15) is 5.10 Å². The van der Waals surface area contributed by atoms with Gasteiger partial charge in [0, 0.05) is 6.92 Å². The minimum Gasteiger partial charge on any atom is -0.486 e. The van der Waals surface area contributed by atoms with Crippen LogP contribution in [0.2, 0.25) is 0 Å². The molecule has 0 radical (unpaired) electrons. The van der Waals surface area contributed by atoms with E-state index >= 15 is 0 Å². The number of Topliss-reactive ketones (excluding diaryl/α,β-unsaturated/α-hetero) is 3. The van der Waals surface area contributed by atoms with Gasteiger partial charge in [-0.05, 0) is 38.5 Å². The number of nitrogens with one attached hydrogen (secondary N) is 1. The lowest BCUT2D eigenvalue weighted by Gasteiger charge is -2.22. The van der Waals surface area contributed by atoms with Crippen LogP contribution < -0.4 is 10.2 Å². The molecule has 0 amide bonds. The standard InChI is InChI=1S/C24H28N2O5/c1-17(27)23(26-25-20-12-8-9-13-22(20)31-24(2,3)4)21(29)14-19(28)16-30-15-18-10-6-5-7-11-18/h5-13,25H,14-16H2,1-4H3. The Kier molecular flexibility index (Phi) is 8.63. The molecule has 0 spiro atoms. The van der Waals surface area contributed by atoms with E-state index in [4.69, 9.17) is 9.47 Å². The van der Waals surface area contributed by atoms with E-state index in [1.807, 2.05) is 51.1 Å². The highest BCUT2D eigenvalue weighted by Gasteiger charge is 2.21. The maximum Gasteiger partial charge on any atom is 0.194 e. The van der Waals surface area contributed by atoms with Crippen LogP contribution in [0, 0.1) is 0 Å². The van der Waals surface area contributed by atoms with Gasteiger partial charge >= 0.3 is 0 Å². The highest BCUT2D eigenvalue weighted by Crippen LogP contribution is 2.27. The van der Waals surface area contributed by atoms with Crippen molar-refractivity contribution in [1.29, 1.82) is 0 Å². The number of benzene rings is 2. The molecule has 31 heavy (non-hydrogen) atoms. The molecule has 0 atom stereocenters. The van der Waals surface area contributed by atoms with Crippen LogP contribution in [0.3, 0.4) is 0 Å². The first-order valence-electron chi connectivity index (χ1n) is 9.95. The number of carbonyl (C=O) groups excluding carboxylic acids is 3. The summed E-state index contributed by atoms with van der Waals surface area (Å²) < 4.78 is 11.2. The second-order valence-corrected chi connectivity index (χ2v) is 7.96. The molecule has 0 aliphatic heterocycles. The number of rotatable bonds is 11. The molecule has 7 nitrogen and oxygen atoms in total. The van der Waals surface area contributed by atoms with Gasteiger partial charge < -0.3 is 9.47 Å². The first kappa shape index (κ1) is 24.0. The van der Waals surface area contributed by atoms with E-state index < -0.39 is 29.4 Å². The van der Waals surface area contributed by atoms with Gasteiger partial charge in [0.1, 0.15) is 18.0 Å². The van der Waals surface area contributed by atoms with E-state index in [-0.39, 0.29) is 18.9 Å². The van der Waals surface area contributed by atoms with Crippen LogP contribution in [0.1, 0.15) is 39.7 Å². The zero-order valence-corrected chi connectivity index (χ0v) is 18.3. The van der Waals surface area contributed by atoms with E-state index in [2.05, 4.69) is 10.5 Å². The van der Waals surface area contributed by atoms with Crippen LogP contribution in [0.5, 0.6) is 5.75 Å². The van der Waals surface area contributed by atoms with Crippen molar-refractivity contribution in [3.8, 4) is 5.75 Å². The minimum absolute atomic E-state index is 0.221. The molecule has 1 N–H and O–H groups in total. The van der Waals surface area contributed by atoms with Crippen molar-refractivity contribution in [3.05, 3.63) is 60.2 Å². The SMILES string of the molecule is CC(=O)C(=NNc1ccccc1OC(C)(C)C)C(=O)CC(=O)COCc1ccccc1. The molecule has 0 aromatic heterocycles. The van der Waals surface area contributed by atoms with Gasteiger partial charge in [0.25, 0.3) is 0 Å². The molecule has 2 aromatic rings. The first-order valence-corrected chi connectivity index (χ1v) is 9.95. The Morgan fingerprint density at radius 1 is 0.968 bits per heavy atom. The second kappa shape index (κ2) is 11.2. The topological polar surface area (TPSA) is 94.1 Å². The van der Waals surface area contributed by atoms with Crippen molar-refractivity contribution < 1.29 is 23.9 Å². The third-order valence-electron chi connectivity index (χ3n) is 3.92. The average molecular weight is 424 g/mol. The van der Waals surface area contributed by atoms with E-state index in [0.29, 0.717) is 11.4 Å². The molecule has 0 aliphatic carbocycles. The lowest BCUT2D eigenvalue weighted by atomic mass is 10.1. The number of anilines is 1. The Labute approximate surface area is 182 Å². The summed E-state index contributed by atoms with van der Waals surface area (Å²) in [4.78, 5) is 36.5. The monoisotopic (exact) mass is 424 g/mol. The Balaban J connectivity index is 1.98. The number of hydrazone groups is 1. The average Bonchev–Trinajstić information content (AvgIpc) is 2.68. The number of nitrogens with zero attached hydrogens (tertiary/aromatic N) is 1. The van der Waals surface area contributed by atoms with Crippen molar-refractivity contribution in [2.75, 3.05) is 12.0 Å². The van der Waals surface area contributed by atoms with Gasteiger partial charge in [-0.15, -0.1) is 0 Å². The Morgan fingerprint density at radius 2 is 1.61 bits per heavy atom. The molecule has 7 heteroatoms. The van der Waals surface area contributed by atoms with Gasteiger partial charge in [0.05, 0.1) is 18.7 Å². The summed E-state index contributed by atoms with van der Waals surface area (Å²) in [5.41, 5.74) is 3.37. The van der Waals surface area contributed by atoms with Crippen LogP contribution in [0.15, 0.2) is 59.7 Å². The number of hydrogen-bond donors (Lipinski definition) is 1. The van der Waals surface area contributed by atoms with Crippen molar-refractivity contribution in [1.82, 2.24) is 0 Å². The molecular weight excluding hydrogens is 396 g/mol. The fourth-order valence-corrected chi connectivity index (χ4v) is 2.60. The van der Waals surface area contributed by atoms with Gasteiger partial charge in [-0.3, -0.25) is 19.8 Å². The van der Waals surface area contributed by atoms with E-state index in [9.17, 15) is 14.4 Å². The molecule has 0 aliphatic rings. The van der Waals surface area contributed by atoms with E-state index in [1.165, 1.54) is 6.92 Å². The van der Waals surface area contributed by atoms with Crippen molar-refractivity contribution in [2.24, 2.45) is 5.10 Å². The summed E-state index contributed by atoms with van der Waals surface area (Å²) in [6.07, 6.45) is -0.463. The zero-order chi connectivity index (χ0) is 22.9. The zero-order valence-electron chi connectivity index (χ0n) is 18.3. The van der Waals surface area contributed by atoms with Crippen molar-refractivity contribution in [3.63, 3.8) is 0 Å². The third-order valence-corrected chi connectivity index (χ3v) is 3.92. The fraction of sp³-hybridized carbons (Fsp3) is 0.333. The summed E-state index contributed by atoms with van der Waals surface area (Å²) in [6.45, 7) is 6.99. The summed E-state index contributed by atoms with van der Waals surface area (Å²) in [5, 5.41) is 3.96. The molecule has 164 valence electrons. The molecule has 2 rings (SSSR count). The smallest absolute Gasteiger partial charge is 0.194 e. The molecule has 0 fully saturated rings. The number of ketones is 3. The molecule has 2 aromatic carbocycles. The maximum atomic E-state index is 12.5. The molecular formula is C24H28N2O5. The van der Waals surface area contributed by atoms with Crippen LogP contribution in [-0.4, -0.2) is 35.3 Å². The lowest BCUT2D eigenvalue weighted by Crippen LogP contribution is -2.27. The number of carbonyl (C=O) groups is 3. The largest absolute Gasteiger partial charge is 0.486 e. The van der Waals surface area contributed by atoms with Gasteiger partial charge in [0.15, 0.2) is 23.1 Å². The quantitative estimate of drug-likeness (QED) is 0.333. The lowest BCUT2D eigenvalue weighted by molar-refractivity contribution is -0.127. The number of ether oxygens (including phenoxy) is 2. The van der Waals surface area contributed by atoms with Crippen LogP contribution in [0.4, 0.5) is 5.69 Å². The van der Waals surface area contributed by atoms with Gasteiger partial charge in [-0.25, -0.2) is 0 Å². The highest BCUT2D eigenvalue weighted by molar-refractivity contribution is 6.66. The van der Waals surface area contributed by atoms with Gasteiger partial charge in [-0.1, -0.05) is 42.5 Å². The first-order chi connectivity index (χ1) is 14.7. The second-order valence-electron chi connectivity index (χ2n) is 7.96. The fourth-order valence-electron chi connectivity index (χ4n) is 2.60. The van der Waals surface area contributed by atoms with Crippen LogP contribution in [-0.2, 0) is 25.7 Å². The molecule has 0 saturated carbocycles. The van der Waals surface area contributed by atoms with Crippen LogP contribution >= 0.6 is 0 Å². The van der Waals surface area contributed by atoms with E-state index in [0.717, 1.165) is 5.56 Å². The summed E-state index contributed by atoms with van der Waals surface area (Å²) in [5.74, 6) is -1.10. The third kappa shape index (κ3) is 8.52. The molecule has 0 unspecified atom stereocenters. The summed E-state index contributed by atoms with van der Waals surface area (Å²) in [7, 11) is 0. The minimum atomic E-state index is -0.664. The molecule has 0 saturated heterocycles. The highest BCUT2D eigenvalue weighted by atomic mass is 16.5. The Morgan fingerprint density at radius 3 is 2.26 bits per heavy atom. The summed E-state index contributed by atoms with van der Waals surface area (Å²) >= 11 is 0. The van der Waals surface area contributed by atoms with Crippen molar-refractivity contribution >= 4 is 28.7 Å². The number of hydrogen-bond acceptors (Lipinski definition) is 7.